The van der Waals surface area contributed by atoms with Gasteiger partial charge in [0.1, 0.15) is 17.4 Å². The monoisotopic (exact) mass is 635 g/mol. The van der Waals surface area contributed by atoms with Crippen LogP contribution in [0.25, 0.3) is 0 Å². The molecule has 3 heterocycles. The highest BCUT2D eigenvalue weighted by Gasteiger charge is 2.79. The first-order chi connectivity index (χ1) is 21.6. The van der Waals surface area contributed by atoms with Crippen LogP contribution in [0.5, 0.6) is 5.75 Å². The van der Waals surface area contributed by atoms with Crippen molar-refractivity contribution in [3.63, 3.8) is 0 Å². The number of rotatable bonds is 13. The molecule has 0 aromatic heterocycles. The third-order valence-electron chi connectivity index (χ3n) is 9.61. The lowest BCUT2D eigenvalue weighted by Gasteiger charge is -2.38. The maximum absolute atomic E-state index is 14.7. The van der Waals surface area contributed by atoms with Crippen molar-refractivity contribution in [3.05, 3.63) is 78.9 Å². The minimum atomic E-state index is -1.25. The van der Waals surface area contributed by atoms with E-state index in [-0.39, 0.29) is 37.4 Å². The Morgan fingerprint density at radius 3 is 2.16 bits per heavy atom. The molecule has 240 valence electrons. The van der Waals surface area contributed by atoms with E-state index in [0.29, 0.717) is 48.0 Å². The molecule has 5 rings (SSSR count). The maximum atomic E-state index is 14.7. The van der Waals surface area contributed by atoms with Gasteiger partial charge in [-0.1, -0.05) is 30.7 Å². The zero-order valence-electron chi connectivity index (χ0n) is 26.2. The molecule has 10 heteroatoms. The molecule has 3 saturated heterocycles. The van der Waals surface area contributed by atoms with Gasteiger partial charge in [0.15, 0.2) is 0 Å². The predicted molar refractivity (Wildman–Crippen MR) is 174 cm³/mol. The van der Waals surface area contributed by atoms with Crippen molar-refractivity contribution in [2.45, 2.75) is 63.3 Å². The number of anilines is 2. The third kappa shape index (κ3) is 5.34. The Kier molecular flexibility index (Phi) is 9.44. The second-order valence-electron chi connectivity index (χ2n) is 12.0. The second kappa shape index (κ2) is 13.0. The summed E-state index contributed by atoms with van der Waals surface area (Å²) in [5, 5.41) is 10.8. The van der Waals surface area contributed by atoms with Crippen LogP contribution in [0, 0.1) is 11.8 Å². The van der Waals surface area contributed by atoms with Crippen LogP contribution < -0.4 is 14.5 Å². The minimum absolute atomic E-state index is 0.180. The number of carbonyl (C=O) groups excluding carboxylic acids is 3. The molecular weight excluding hydrogens is 594 g/mol. The summed E-state index contributed by atoms with van der Waals surface area (Å²) >= 11 is 6.14. The number of aliphatic hydroxyl groups excluding tert-OH is 1. The van der Waals surface area contributed by atoms with E-state index in [2.05, 4.69) is 13.2 Å². The minimum Gasteiger partial charge on any atom is -0.494 e. The molecule has 2 aromatic rings. The fraction of sp³-hybridized carbons (Fsp3) is 0.457. The standard InChI is InChI=1S/C35H42ClN3O6/c1-6-20-37(26-14-16-27(17-15-26)44-9-4)31(41)28-29-32(42)39(23(5)22-40)30(35(29)19-18-34(28,8-3)45-35)33(43)38(21-7-2)25-12-10-24(36)11-13-25/h6-7,10-17,23,28-30,40H,1-2,8-9,18-22H2,3-5H3/t23-,28+,29+,30?,34-,35?/m1/s1. The van der Waals surface area contributed by atoms with Crippen LogP contribution in [0.1, 0.15) is 40.0 Å². The summed E-state index contributed by atoms with van der Waals surface area (Å²) in [4.78, 5) is 48.6. The van der Waals surface area contributed by atoms with Gasteiger partial charge in [0.05, 0.1) is 36.7 Å². The molecule has 9 nitrogen and oxygen atoms in total. The number of benzene rings is 2. The average Bonchev–Trinajstić information content (AvgIpc) is 3.66. The van der Waals surface area contributed by atoms with E-state index in [9.17, 15) is 19.5 Å². The fourth-order valence-electron chi connectivity index (χ4n) is 7.60. The van der Waals surface area contributed by atoms with Crippen molar-refractivity contribution < 1.29 is 29.0 Å². The number of ether oxygens (including phenoxy) is 2. The van der Waals surface area contributed by atoms with Crippen molar-refractivity contribution in [2.24, 2.45) is 11.8 Å². The van der Waals surface area contributed by atoms with Crippen LogP contribution in [0.2, 0.25) is 5.02 Å². The van der Waals surface area contributed by atoms with E-state index in [4.69, 9.17) is 21.1 Å². The summed E-state index contributed by atoms with van der Waals surface area (Å²) in [6.45, 7) is 13.9. The highest BCUT2D eigenvalue weighted by atomic mass is 35.5. The molecule has 2 aromatic carbocycles. The molecule has 0 aliphatic carbocycles. The Hall–Kier alpha value is -3.66. The van der Waals surface area contributed by atoms with Gasteiger partial charge in [-0.05, 0) is 81.6 Å². The molecule has 45 heavy (non-hydrogen) atoms. The average molecular weight is 636 g/mol. The number of aliphatic hydroxyl groups is 1. The van der Waals surface area contributed by atoms with E-state index in [0.717, 1.165) is 0 Å². The normalized spacial score (nSPS) is 27.2. The van der Waals surface area contributed by atoms with Gasteiger partial charge in [-0.2, -0.15) is 0 Å². The van der Waals surface area contributed by atoms with Gasteiger partial charge in [0.25, 0.3) is 5.91 Å². The SMILES string of the molecule is C=CCN(C(=O)C1N([C@H](C)CO)C(=O)[C@@H]2[C@@H](C(=O)N(CC=C)c3ccc(OCC)cc3)[C@@]3(CC)CCC12O3)c1ccc(Cl)cc1. The Morgan fingerprint density at radius 1 is 1.04 bits per heavy atom. The highest BCUT2D eigenvalue weighted by molar-refractivity contribution is 6.30. The number of nitrogens with zero attached hydrogens (tertiary/aromatic N) is 3. The van der Waals surface area contributed by atoms with E-state index >= 15 is 0 Å². The summed E-state index contributed by atoms with van der Waals surface area (Å²) in [7, 11) is 0. The van der Waals surface area contributed by atoms with Crippen LogP contribution in [0.15, 0.2) is 73.8 Å². The number of likely N-dealkylation sites (tertiary alicyclic amines) is 1. The third-order valence-corrected chi connectivity index (χ3v) is 9.86. The van der Waals surface area contributed by atoms with Crippen LogP contribution in [-0.4, -0.2) is 77.3 Å². The van der Waals surface area contributed by atoms with Crippen LogP contribution in [0.3, 0.4) is 0 Å². The van der Waals surface area contributed by atoms with E-state index < -0.39 is 35.1 Å². The van der Waals surface area contributed by atoms with Gasteiger partial charge >= 0.3 is 0 Å². The smallest absolute Gasteiger partial charge is 0.253 e. The Labute approximate surface area is 270 Å². The molecule has 1 spiro atoms. The summed E-state index contributed by atoms with van der Waals surface area (Å²) in [5.74, 6) is -2.04. The molecule has 3 aliphatic rings. The number of halogens is 1. The van der Waals surface area contributed by atoms with Gasteiger partial charge in [-0.3, -0.25) is 14.4 Å². The van der Waals surface area contributed by atoms with Crippen LogP contribution in [0.4, 0.5) is 11.4 Å². The van der Waals surface area contributed by atoms with Gasteiger partial charge in [0, 0.05) is 29.5 Å². The Morgan fingerprint density at radius 2 is 1.62 bits per heavy atom. The van der Waals surface area contributed by atoms with Gasteiger partial charge < -0.3 is 29.3 Å². The zero-order chi connectivity index (χ0) is 32.5. The Bertz CT molecular complexity index is 1450. The molecule has 3 amide bonds. The van der Waals surface area contributed by atoms with Crippen molar-refractivity contribution >= 4 is 40.7 Å². The first-order valence-electron chi connectivity index (χ1n) is 15.6. The van der Waals surface area contributed by atoms with Crippen molar-refractivity contribution in [2.75, 3.05) is 36.1 Å². The van der Waals surface area contributed by atoms with E-state index in [1.807, 2.05) is 38.1 Å². The lowest BCUT2D eigenvalue weighted by molar-refractivity contribution is -0.149. The first-order valence-corrected chi connectivity index (χ1v) is 16.0. The molecule has 6 atom stereocenters. The van der Waals surface area contributed by atoms with Crippen LogP contribution >= 0.6 is 11.6 Å². The highest BCUT2D eigenvalue weighted by Crippen LogP contribution is 2.65. The number of hydrogen-bond acceptors (Lipinski definition) is 6. The van der Waals surface area contributed by atoms with E-state index in [1.165, 1.54) is 4.90 Å². The summed E-state index contributed by atoms with van der Waals surface area (Å²) < 4.78 is 12.5. The lowest BCUT2D eigenvalue weighted by atomic mass is 9.64. The van der Waals surface area contributed by atoms with Gasteiger partial charge in [0.2, 0.25) is 11.8 Å². The summed E-state index contributed by atoms with van der Waals surface area (Å²) in [5.41, 5.74) is -0.951. The molecule has 3 aliphatic heterocycles. The van der Waals surface area contributed by atoms with Crippen molar-refractivity contribution in [3.8, 4) is 5.75 Å². The predicted octanol–water partition coefficient (Wildman–Crippen LogP) is 5.01. The molecule has 0 radical (unpaired) electrons. The van der Waals surface area contributed by atoms with E-state index in [1.54, 1.807) is 53.1 Å². The molecule has 2 bridgehead atoms. The lowest BCUT2D eigenvalue weighted by Crippen LogP contribution is -2.58. The topological polar surface area (TPSA) is 99.6 Å². The van der Waals surface area contributed by atoms with Crippen LogP contribution in [-0.2, 0) is 19.1 Å². The largest absolute Gasteiger partial charge is 0.494 e. The summed E-state index contributed by atoms with van der Waals surface area (Å²) in [6.07, 6.45) is 4.71. The molecule has 2 unspecified atom stereocenters. The molecule has 0 saturated carbocycles. The fourth-order valence-corrected chi connectivity index (χ4v) is 7.73. The second-order valence-corrected chi connectivity index (χ2v) is 12.4. The van der Waals surface area contributed by atoms with Crippen molar-refractivity contribution in [1.29, 1.82) is 0 Å². The quantitative estimate of drug-likeness (QED) is 0.311. The number of carbonyl (C=O) groups is 3. The number of amides is 3. The number of hydrogen-bond donors (Lipinski definition) is 1. The maximum Gasteiger partial charge on any atom is 0.253 e. The Balaban J connectivity index is 1.60. The first kappa shape index (κ1) is 32.7. The van der Waals surface area contributed by atoms with Gasteiger partial charge in [-0.25, -0.2) is 0 Å². The molecule has 1 N–H and O–H groups in total. The number of fused-ring (bicyclic) bond motifs is 1. The molecule has 3 fully saturated rings. The van der Waals surface area contributed by atoms with Gasteiger partial charge in [-0.15, -0.1) is 13.2 Å². The van der Waals surface area contributed by atoms with Crippen molar-refractivity contribution in [1.82, 2.24) is 4.90 Å². The zero-order valence-corrected chi connectivity index (χ0v) is 26.9. The summed E-state index contributed by atoms with van der Waals surface area (Å²) in [6, 6.07) is 12.4. The molecular formula is C35H42ClN3O6.